The smallest absolute Gasteiger partial charge is 0.238 e. The molecule has 1 saturated heterocycles. The van der Waals surface area contributed by atoms with E-state index in [2.05, 4.69) is 29.6 Å². The molecule has 4 aromatic rings. The Bertz CT molecular complexity index is 1520. The van der Waals surface area contributed by atoms with Gasteiger partial charge in [0.1, 0.15) is 0 Å². The molecule has 8 rings (SSSR count). The van der Waals surface area contributed by atoms with Gasteiger partial charge in [-0.2, -0.15) is 0 Å². The largest absolute Gasteiger partial charge is 0.324 e. The topological polar surface area (TPSA) is 66.5 Å². The highest BCUT2D eigenvalue weighted by Gasteiger charge is 2.61. The second kappa shape index (κ2) is 8.67. The number of carbonyl (C=O) groups is 3. The van der Waals surface area contributed by atoms with E-state index < -0.39 is 11.8 Å². The maximum absolute atomic E-state index is 13.9. The molecule has 5 nitrogen and oxygen atoms in total. The Balaban J connectivity index is 1.21. The zero-order chi connectivity index (χ0) is 26.0. The van der Waals surface area contributed by atoms with Gasteiger partial charge in [0.15, 0.2) is 0 Å². The van der Waals surface area contributed by atoms with E-state index in [9.17, 15) is 14.4 Å². The number of hydrogen-bond acceptors (Lipinski definition) is 3. The number of halogens is 1. The number of benzene rings is 4. The van der Waals surface area contributed by atoms with E-state index in [4.69, 9.17) is 11.6 Å². The molecule has 1 heterocycles. The molecular weight excluding hydrogens is 496 g/mol. The molecule has 186 valence electrons. The number of hydrogen-bond donors (Lipinski definition) is 1. The summed E-state index contributed by atoms with van der Waals surface area (Å²) in [5.74, 6) is -1.83. The lowest BCUT2D eigenvalue weighted by molar-refractivity contribution is -0.122. The predicted molar refractivity (Wildman–Crippen MR) is 146 cm³/mol. The molecule has 0 spiro atoms. The molecule has 1 fully saturated rings. The lowest BCUT2D eigenvalue weighted by atomic mass is 9.55. The highest BCUT2D eigenvalue weighted by atomic mass is 35.5. The molecule has 6 heteroatoms. The fourth-order valence-electron chi connectivity index (χ4n) is 6.65. The summed E-state index contributed by atoms with van der Waals surface area (Å²) in [5, 5.41) is 3.11. The van der Waals surface area contributed by atoms with E-state index in [1.165, 1.54) is 4.90 Å². The third-order valence-corrected chi connectivity index (χ3v) is 8.45. The van der Waals surface area contributed by atoms with Crippen molar-refractivity contribution in [2.24, 2.45) is 11.8 Å². The first-order valence-electron chi connectivity index (χ1n) is 12.7. The molecule has 2 atom stereocenters. The van der Waals surface area contributed by atoms with E-state index in [0.29, 0.717) is 11.4 Å². The highest BCUT2D eigenvalue weighted by molar-refractivity contribution is 6.34. The highest BCUT2D eigenvalue weighted by Crippen LogP contribution is 2.61. The summed E-state index contributed by atoms with van der Waals surface area (Å²) in [6.07, 6.45) is 0.218. The third kappa shape index (κ3) is 3.35. The van der Waals surface area contributed by atoms with Crippen LogP contribution in [0.25, 0.3) is 0 Å². The van der Waals surface area contributed by atoms with Crippen molar-refractivity contribution in [1.82, 2.24) is 0 Å². The number of nitrogens with one attached hydrogen (secondary N) is 1. The van der Waals surface area contributed by atoms with Crippen LogP contribution in [0.5, 0.6) is 0 Å². The van der Waals surface area contributed by atoms with E-state index >= 15 is 0 Å². The van der Waals surface area contributed by atoms with E-state index in [1.807, 2.05) is 54.6 Å². The van der Waals surface area contributed by atoms with Crippen molar-refractivity contribution in [3.8, 4) is 0 Å². The molecule has 0 aromatic heterocycles. The van der Waals surface area contributed by atoms with E-state index in [-0.39, 0.29) is 41.0 Å². The van der Waals surface area contributed by atoms with Crippen molar-refractivity contribution >= 4 is 40.7 Å². The van der Waals surface area contributed by atoms with Crippen LogP contribution in [-0.4, -0.2) is 17.7 Å². The van der Waals surface area contributed by atoms with Crippen molar-refractivity contribution in [2.75, 3.05) is 10.2 Å². The van der Waals surface area contributed by atoms with Gasteiger partial charge >= 0.3 is 0 Å². The molecule has 1 aliphatic heterocycles. The van der Waals surface area contributed by atoms with E-state index in [0.717, 1.165) is 27.8 Å². The monoisotopic (exact) mass is 518 g/mol. The minimum Gasteiger partial charge on any atom is -0.324 e. The molecule has 0 radical (unpaired) electrons. The van der Waals surface area contributed by atoms with Crippen LogP contribution in [0.3, 0.4) is 0 Å². The molecule has 2 bridgehead atoms. The average molecular weight is 519 g/mol. The SMILES string of the molecule is O=C(Cc1ccccc1)Nc1ccc(N2C(=O)[C@@H]3C4c5ccccc5C(c5ccccc54)[C@@H]3C2=O)cc1Cl. The number of rotatable bonds is 4. The minimum atomic E-state index is -0.457. The normalized spacial score (nSPS) is 22.6. The maximum atomic E-state index is 13.9. The second-order valence-corrected chi connectivity index (χ2v) is 10.6. The van der Waals surface area contributed by atoms with Crippen LogP contribution in [0, 0.1) is 11.8 Å². The molecule has 0 unspecified atom stereocenters. The Morgan fingerprint density at radius 3 is 1.71 bits per heavy atom. The van der Waals surface area contributed by atoms with Crippen LogP contribution in [-0.2, 0) is 20.8 Å². The van der Waals surface area contributed by atoms with Gasteiger partial charge in [0.2, 0.25) is 17.7 Å². The van der Waals surface area contributed by atoms with Crippen LogP contribution < -0.4 is 10.2 Å². The first kappa shape index (κ1) is 22.9. The molecule has 1 N–H and O–H groups in total. The van der Waals surface area contributed by atoms with Gasteiger partial charge in [-0.1, -0.05) is 90.5 Å². The Hall–Kier alpha value is -4.22. The third-order valence-electron chi connectivity index (χ3n) is 8.14. The van der Waals surface area contributed by atoms with Crippen molar-refractivity contribution in [3.63, 3.8) is 0 Å². The Kier molecular flexibility index (Phi) is 5.24. The maximum Gasteiger partial charge on any atom is 0.238 e. The predicted octanol–water partition coefficient (Wildman–Crippen LogP) is 5.92. The summed E-state index contributed by atoms with van der Waals surface area (Å²) in [4.78, 5) is 41.7. The molecule has 3 amide bonds. The van der Waals surface area contributed by atoms with Crippen molar-refractivity contribution in [2.45, 2.75) is 18.3 Å². The lowest BCUT2D eigenvalue weighted by Crippen LogP contribution is -2.41. The first-order valence-corrected chi connectivity index (χ1v) is 13.1. The van der Waals surface area contributed by atoms with Gasteiger partial charge in [0.05, 0.1) is 34.7 Å². The summed E-state index contributed by atoms with van der Waals surface area (Å²) in [6.45, 7) is 0. The zero-order valence-corrected chi connectivity index (χ0v) is 21.1. The first-order chi connectivity index (χ1) is 18.5. The van der Waals surface area contributed by atoms with Gasteiger partial charge in [-0.05, 0) is 46.0 Å². The fourth-order valence-corrected chi connectivity index (χ4v) is 6.87. The number of nitrogens with zero attached hydrogens (tertiary/aromatic N) is 1. The van der Waals surface area contributed by atoms with Gasteiger partial charge in [-0.3, -0.25) is 14.4 Å². The summed E-state index contributed by atoms with van der Waals surface area (Å²) >= 11 is 6.55. The number of carbonyl (C=O) groups excluding carboxylic acids is 3. The molecular formula is C32H23ClN2O3. The minimum absolute atomic E-state index is 0.161. The van der Waals surface area contributed by atoms with Gasteiger partial charge in [-0.25, -0.2) is 4.90 Å². The molecule has 4 aromatic carbocycles. The Labute approximate surface area is 225 Å². The second-order valence-electron chi connectivity index (χ2n) is 10.2. The number of anilines is 2. The fraction of sp³-hybridized carbons (Fsp3) is 0.156. The summed E-state index contributed by atoms with van der Waals surface area (Å²) < 4.78 is 0. The summed E-state index contributed by atoms with van der Waals surface area (Å²) in [5.41, 5.74) is 6.29. The molecule has 38 heavy (non-hydrogen) atoms. The van der Waals surface area contributed by atoms with Crippen LogP contribution >= 0.6 is 11.6 Å². The van der Waals surface area contributed by atoms with Gasteiger partial charge in [0.25, 0.3) is 0 Å². The van der Waals surface area contributed by atoms with Gasteiger partial charge in [0, 0.05) is 11.8 Å². The summed E-state index contributed by atoms with van der Waals surface area (Å²) in [6, 6.07) is 30.7. The van der Waals surface area contributed by atoms with Crippen molar-refractivity contribution < 1.29 is 14.4 Å². The van der Waals surface area contributed by atoms with Crippen LogP contribution in [0.2, 0.25) is 5.02 Å². The quantitative estimate of drug-likeness (QED) is 0.341. The Morgan fingerprint density at radius 2 is 1.21 bits per heavy atom. The Morgan fingerprint density at radius 1 is 0.711 bits per heavy atom. The number of imide groups is 1. The number of amides is 3. The van der Waals surface area contributed by atoms with Crippen LogP contribution in [0.4, 0.5) is 11.4 Å². The van der Waals surface area contributed by atoms with Crippen molar-refractivity contribution in [3.05, 3.63) is 130 Å². The lowest BCUT2D eigenvalue weighted by Gasteiger charge is -2.45. The van der Waals surface area contributed by atoms with Gasteiger partial charge in [-0.15, -0.1) is 0 Å². The van der Waals surface area contributed by atoms with Crippen molar-refractivity contribution in [1.29, 1.82) is 0 Å². The standard InChI is InChI=1S/C32H23ClN2O3/c33-24-17-19(14-15-25(24)34-26(36)16-18-8-2-1-3-9-18)35-31(37)29-27-20-10-4-5-11-21(20)28(30(29)32(35)38)23-13-7-6-12-22(23)27/h1-15,17,27-30H,16H2,(H,34,36)/t27?,28?,29-,30+. The average Bonchev–Trinajstić information content (AvgIpc) is 3.20. The molecule has 4 aliphatic rings. The van der Waals surface area contributed by atoms with Crippen LogP contribution in [0.1, 0.15) is 39.7 Å². The summed E-state index contributed by atoms with van der Waals surface area (Å²) in [7, 11) is 0. The molecule has 3 aliphatic carbocycles. The molecule has 0 saturated carbocycles. The van der Waals surface area contributed by atoms with Gasteiger partial charge < -0.3 is 5.32 Å². The van der Waals surface area contributed by atoms with E-state index in [1.54, 1.807) is 18.2 Å². The zero-order valence-electron chi connectivity index (χ0n) is 20.3. The van der Waals surface area contributed by atoms with Crippen LogP contribution in [0.15, 0.2) is 97.1 Å².